The highest BCUT2D eigenvalue weighted by molar-refractivity contribution is 7.94. The summed E-state index contributed by atoms with van der Waals surface area (Å²) < 4.78 is 22.7. The van der Waals surface area contributed by atoms with Crippen molar-refractivity contribution in [3.8, 4) is 5.75 Å². The van der Waals surface area contributed by atoms with E-state index in [1.165, 1.54) is 32.0 Å². The van der Waals surface area contributed by atoms with Crippen LogP contribution in [-0.4, -0.2) is 24.2 Å². The first-order chi connectivity index (χ1) is 7.28. The lowest BCUT2D eigenvalue weighted by molar-refractivity contribution is -0.118. The zero-order valence-electron chi connectivity index (χ0n) is 8.81. The fourth-order valence-corrected chi connectivity index (χ4v) is 3.06. The number of phenolic OH excluding ortho intramolecular Hbond substituents is 1. The van der Waals surface area contributed by atoms with Crippen LogP contribution in [0.25, 0.3) is 0 Å². The van der Waals surface area contributed by atoms with Gasteiger partial charge in [-0.1, -0.05) is 6.07 Å². The van der Waals surface area contributed by atoms with Crippen molar-refractivity contribution < 1.29 is 18.3 Å². The molecule has 0 aliphatic carbocycles. The highest BCUT2D eigenvalue weighted by Crippen LogP contribution is 2.40. The van der Waals surface area contributed by atoms with E-state index >= 15 is 0 Å². The Morgan fingerprint density at radius 1 is 1.31 bits per heavy atom. The smallest absolute Gasteiger partial charge is 0.245 e. The van der Waals surface area contributed by atoms with Crippen molar-refractivity contribution in [2.45, 2.75) is 23.5 Å². The summed E-state index contributed by atoms with van der Waals surface area (Å²) in [4.78, 5) is 11.6. The first-order valence-corrected chi connectivity index (χ1v) is 6.15. The Bertz CT molecular complexity index is 574. The van der Waals surface area contributed by atoms with E-state index in [1.54, 1.807) is 0 Å². The minimum absolute atomic E-state index is 0.0353. The van der Waals surface area contributed by atoms with Gasteiger partial charge in [-0.15, -0.1) is 0 Å². The van der Waals surface area contributed by atoms with E-state index in [9.17, 15) is 18.3 Å². The van der Waals surface area contributed by atoms with Crippen LogP contribution in [-0.2, 0) is 14.6 Å². The molecular weight excluding hydrogens is 230 g/mol. The second-order valence-electron chi connectivity index (χ2n) is 4.12. The van der Waals surface area contributed by atoms with Crippen molar-refractivity contribution in [2.75, 3.05) is 5.32 Å². The Hall–Kier alpha value is -1.56. The third-order valence-corrected chi connectivity index (χ3v) is 5.20. The largest absolute Gasteiger partial charge is 0.506 e. The number of carbonyl (C=O) groups is 1. The van der Waals surface area contributed by atoms with Crippen molar-refractivity contribution in [1.29, 1.82) is 0 Å². The molecule has 0 spiro atoms. The number of phenols is 1. The molecule has 0 bridgehead atoms. The first-order valence-electron chi connectivity index (χ1n) is 4.66. The third kappa shape index (κ3) is 1.16. The van der Waals surface area contributed by atoms with E-state index in [-0.39, 0.29) is 16.3 Å². The molecule has 16 heavy (non-hydrogen) atoms. The highest BCUT2D eigenvalue weighted by atomic mass is 32.2. The lowest BCUT2D eigenvalue weighted by Gasteiger charge is -2.30. The topological polar surface area (TPSA) is 83.5 Å². The van der Waals surface area contributed by atoms with E-state index in [0.29, 0.717) is 0 Å². The van der Waals surface area contributed by atoms with Gasteiger partial charge in [-0.25, -0.2) is 8.42 Å². The van der Waals surface area contributed by atoms with E-state index in [0.717, 1.165) is 0 Å². The summed E-state index contributed by atoms with van der Waals surface area (Å²) in [5, 5.41) is 11.9. The van der Waals surface area contributed by atoms with Crippen molar-refractivity contribution in [3.05, 3.63) is 18.2 Å². The molecule has 1 aliphatic heterocycles. The van der Waals surface area contributed by atoms with Crippen LogP contribution in [0.4, 0.5) is 5.69 Å². The predicted octanol–water partition coefficient (Wildman–Crippen LogP) is 0.897. The van der Waals surface area contributed by atoms with Gasteiger partial charge in [0.05, 0.1) is 4.90 Å². The fraction of sp³-hybridized carbons (Fsp3) is 0.300. The summed E-state index contributed by atoms with van der Waals surface area (Å²) in [6.45, 7) is 2.68. The highest BCUT2D eigenvalue weighted by Gasteiger charge is 2.48. The van der Waals surface area contributed by atoms with Gasteiger partial charge >= 0.3 is 0 Å². The maximum absolute atomic E-state index is 12.1. The van der Waals surface area contributed by atoms with Crippen LogP contribution in [0.5, 0.6) is 5.75 Å². The number of hydrogen-bond donors (Lipinski definition) is 2. The van der Waals surface area contributed by atoms with Crippen LogP contribution in [0.2, 0.25) is 0 Å². The molecule has 1 aromatic carbocycles. The van der Waals surface area contributed by atoms with E-state index in [2.05, 4.69) is 5.32 Å². The Labute approximate surface area is 93.0 Å². The minimum Gasteiger partial charge on any atom is -0.506 e. The third-order valence-electron chi connectivity index (χ3n) is 2.75. The van der Waals surface area contributed by atoms with E-state index < -0.39 is 20.5 Å². The Balaban J connectivity index is 2.83. The molecule has 0 saturated carbocycles. The van der Waals surface area contributed by atoms with Crippen LogP contribution >= 0.6 is 0 Å². The zero-order valence-corrected chi connectivity index (χ0v) is 9.63. The molecule has 86 valence electrons. The molecule has 0 saturated heterocycles. The number of aromatic hydroxyl groups is 1. The van der Waals surface area contributed by atoms with Gasteiger partial charge in [0.25, 0.3) is 0 Å². The van der Waals surface area contributed by atoms with Gasteiger partial charge < -0.3 is 10.4 Å². The normalized spacial score (nSPS) is 21.0. The summed E-state index contributed by atoms with van der Waals surface area (Å²) in [6.07, 6.45) is 0. The Kier molecular flexibility index (Phi) is 2.03. The number of hydrogen-bond acceptors (Lipinski definition) is 4. The van der Waals surface area contributed by atoms with Crippen molar-refractivity contribution >= 4 is 21.4 Å². The summed E-state index contributed by atoms with van der Waals surface area (Å²) in [6, 6.07) is 4.12. The van der Waals surface area contributed by atoms with Crippen LogP contribution in [0.15, 0.2) is 23.1 Å². The summed E-state index contributed by atoms with van der Waals surface area (Å²) in [5.74, 6) is -0.883. The summed E-state index contributed by atoms with van der Waals surface area (Å²) >= 11 is 0. The van der Waals surface area contributed by atoms with Crippen LogP contribution in [0.1, 0.15) is 13.8 Å². The molecule has 1 amide bonds. The fourth-order valence-electron chi connectivity index (χ4n) is 1.53. The quantitative estimate of drug-likeness (QED) is 0.661. The lowest BCUT2D eigenvalue weighted by Crippen LogP contribution is -2.48. The number of sulfone groups is 1. The number of carbonyl (C=O) groups excluding carboxylic acids is 1. The summed E-state index contributed by atoms with van der Waals surface area (Å²) in [7, 11) is -3.76. The number of rotatable bonds is 0. The average molecular weight is 241 g/mol. The van der Waals surface area contributed by atoms with Crippen LogP contribution in [0, 0.1) is 0 Å². The summed E-state index contributed by atoms with van der Waals surface area (Å²) in [5.41, 5.74) is -0.0353. The number of para-hydroxylation sites is 1. The monoisotopic (exact) mass is 241 g/mol. The van der Waals surface area contributed by atoms with Gasteiger partial charge in [0.15, 0.2) is 9.84 Å². The first kappa shape index (κ1) is 10.9. The van der Waals surface area contributed by atoms with Gasteiger partial charge in [0.1, 0.15) is 16.2 Å². The molecule has 2 N–H and O–H groups in total. The van der Waals surface area contributed by atoms with Crippen molar-refractivity contribution in [1.82, 2.24) is 0 Å². The standard InChI is InChI=1S/C10H11NO4S/c1-10(2)9(13)11-8-6(12)4-3-5-7(8)16(10,14)15/h3-5,12H,1-2H3,(H,11,13). The second-order valence-corrected chi connectivity index (χ2v) is 6.59. The van der Waals surface area contributed by atoms with Crippen LogP contribution in [0.3, 0.4) is 0 Å². The molecule has 2 rings (SSSR count). The predicted molar refractivity (Wildman–Crippen MR) is 58.0 cm³/mol. The molecule has 0 fully saturated rings. The molecule has 6 heteroatoms. The van der Waals surface area contributed by atoms with E-state index in [1.807, 2.05) is 0 Å². The molecule has 1 aliphatic rings. The molecule has 0 atom stereocenters. The number of fused-ring (bicyclic) bond motifs is 1. The Morgan fingerprint density at radius 3 is 2.56 bits per heavy atom. The minimum atomic E-state index is -3.76. The van der Waals surface area contributed by atoms with Gasteiger partial charge in [-0.2, -0.15) is 0 Å². The lowest BCUT2D eigenvalue weighted by atomic mass is 10.1. The molecule has 0 aromatic heterocycles. The zero-order chi connectivity index (χ0) is 12.1. The molecule has 0 radical (unpaired) electrons. The van der Waals surface area contributed by atoms with Gasteiger partial charge in [-0.3, -0.25) is 4.79 Å². The van der Waals surface area contributed by atoms with Gasteiger partial charge in [0.2, 0.25) is 5.91 Å². The van der Waals surface area contributed by atoms with E-state index in [4.69, 9.17) is 0 Å². The SMILES string of the molecule is CC1(C)C(=O)Nc2c(O)cccc2S1(=O)=O. The maximum Gasteiger partial charge on any atom is 0.245 e. The number of nitrogens with one attached hydrogen (secondary N) is 1. The number of anilines is 1. The second kappa shape index (κ2) is 2.98. The maximum atomic E-state index is 12.1. The number of amides is 1. The van der Waals surface area contributed by atoms with Gasteiger partial charge in [0, 0.05) is 0 Å². The molecular formula is C10H11NO4S. The van der Waals surface area contributed by atoms with Crippen molar-refractivity contribution in [2.24, 2.45) is 0 Å². The molecule has 1 aromatic rings. The average Bonchev–Trinajstić information content (AvgIpc) is 2.18. The van der Waals surface area contributed by atoms with Gasteiger partial charge in [-0.05, 0) is 26.0 Å². The van der Waals surface area contributed by atoms with Crippen LogP contribution < -0.4 is 5.32 Å². The van der Waals surface area contributed by atoms with Crippen molar-refractivity contribution in [3.63, 3.8) is 0 Å². The number of benzene rings is 1. The molecule has 1 heterocycles. The molecule has 0 unspecified atom stereocenters. The Morgan fingerprint density at radius 2 is 1.94 bits per heavy atom. The molecule has 5 nitrogen and oxygen atoms in total.